The highest BCUT2D eigenvalue weighted by molar-refractivity contribution is 5.77. The van der Waals surface area contributed by atoms with Crippen molar-refractivity contribution < 1.29 is 4.79 Å². The second kappa shape index (κ2) is 5.22. The van der Waals surface area contributed by atoms with Crippen LogP contribution in [0.5, 0.6) is 0 Å². The topological polar surface area (TPSA) is 20.3 Å². The van der Waals surface area contributed by atoms with Crippen LogP contribution < -0.4 is 0 Å². The second-order valence-electron chi connectivity index (χ2n) is 6.85. The van der Waals surface area contributed by atoms with Gasteiger partial charge < -0.3 is 4.90 Å². The zero-order valence-corrected chi connectivity index (χ0v) is 11.7. The number of carbonyl (C=O) groups excluding carboxylic acids is 1. The molecule has 1 amide bonds. The van der Waals surface area contributed by atoms with E-state index in [-0.39, 0.29) is 0 Å². The number of nitrogens with zero attached hydrogens (tertiary/aromatic N) is 1. The molecule has 0 radical (unpaired) electrons. The van der Waals surface area contributed by atoms with Crippen LogP contribution in [-0.2, 0) is 4.79 Å². The Bertz CT molecular complexity index is 308. The molecule has 0 unspecified atom stereocenters. The summed E-state index contributed by atoms with van der Waals surface area (Å²) in [4.78, 5) is 14.9. The standard InChI is InChI=1S/C16H27NO/c1-12-10-14-8-4-5-9-15(14)17(12)16(18)11-13-6-2-3-7-13/h12-15H,2-11H2,1H3/t12-,14+,15-/m1/s1. The summed E-state index contributed by atoms with van der Waals surface area (Å²) in [6.45, 7) is 2.27. The Morgan fingerprint density at radius 2 is 1.72 bits per heavy atom. The lowest BCUT2D eigenvalue weighted by atomic mass is 9.84. The SMILES string of the molecule is C[C@@H]1C[C@@H]2CCCC[C@H]2N1C(=O)CC1CCCC1. The Kier molecular flexibility index (Phi) is 3.63. The van der Waals surface area contributed by atoms with Gasteiger partial charge in [-0.2, -0.15) is 0 Å². The van der Waals surface area contributed by atoms with E-state index < -0.39 is 0 Å². The van der Waals surface area contributed by atoms with Crippen molar-refractivity contribution in [2.24, 2.45) is 11.8 Å². The van der Waals surface area contributed by atoms with Crippen molar-refractivity contribution in [1.82, 2.24) is 4.90 Å². The van der Waals surface area contributed by atoms with Crippen LogP contribution >= 0.6 is 0 Å². The summed E-state index contributed by atoms with van der Waals surface area (Å²) in [5.41, 5.74) is 0. The van der Waals surface area contributed by atoms with E-state index in [2.05, 4.69) is 11.8 Å². The molecule has 0 aromatic rings. The Hall–Kier alpha value is -0.530. The van der Waals surface area contributed by atoms with Crippen LogP contribution in [0.2, 0.25) is 0 Å². The van der Waals surface area contributed by atoms with Gasteiger partial charge >= 0.3 is 0 Å². The first-order chi connectivity index (χ1) is 8.75. The van der Waals surface area contributed by atoms with Crippen LogP contribution in [0.15, 0.2) is 0 Å². The lowest BCUT2D eigenvalue weighted by Crippen LogP contribution is -2.42. The molecule has 1 saturated heterocycles. The van der Waals surface area contributed by atoms with Crippen molar-refractivity contribution in [1.29, 1.82) is 0 Å². The molecule has 3 atom stereocenters. The maximum absolute atomic E-state index is 12.6. The quantitative estimate of drug-likeness (QED) is 0.730. The number of likely N-dealkylation sites (tertiary alicyclic amines) is 1. The largest absolute Gasteiger partial charge is 0.337 e. The molecule has 2 heteroatoms. The first-order valence-corrected chi connectivity index (χ1v) is 8.07. The number of rotatable bonds is 2. The Morgan fingerprint density at radius 3 is 2.50 bits per heavy atom. The van der Waals surface area contributed by atoms with Gasteiger partial charge in [-0.1, -0.05) is 25.7 Å². The van der Waals surface area contributed by atoms with Crippen LogP contribution in [0.4, 0.5) is 0 Å². The fraction of sp³-hybridized carbons (Fsp3) is 0.938. The number of amides is 1. The molecular weight excluding hydrogens is 222 g/mol. The van der Waals surface area contributed by atoms with Gasteiger partial charge in [0.05, 0.1) is 0 Å². The molecule has 1 heterocycles. The van der Waals surface area contributed by atoms with Crippen molar-refractivity contribution in [3.05, 3.63) is 0 Å². The van der Waals surface area contributed by atoms with Crippen LogP contribution in [0.3, 0.4) is 0 Å². The van der Waals surface area contributed by atoms with E-state index in [1.54, 1.807) is 0 Å². The first-order valence-electron chi connectivity index (χ1n) is 8.07. The number of fused-ring (bicyclic) bond motifs is 1. The number of hydrogen-bond donors (Lipinski definition) is 0. The van der Waals surface area contributed by atoms with E-state index in [1.165, 1.54) is 57.8 Å². The lowest BCUT2D eigenvalue weighted by molar-refractivity contribution is -0.135. The van der Waals surface area contributed by atoms with Gasteiger partial charge in [-0.25, -0.2) is 0 Å². The third-order valence-corrected chi connectivity index (χ3v) is 5.57. The molecular formula is C16H27NO. The normalized spacial score (nSPS) is 36.9. The van der Waals surface area contributed by atoms with Gasteiger partial charge in [0.1, 0.15) is 0 Å². The molecule has 102 valence electrons. The minimum absolute atomic E-state index is 0.476. The molecule has 18 heavy (non-hydrogen) atoms. The highest BCUT2D eigenvalue weighted by Crippen LogP contribution is 2.40. The summed E-state index contributed by atoms with van der Waals surface area (Å²) in [5, 5.41) is 0. The van der Waals surface area contributed by atoms with Crippen LogP contribution in [0, 0.1) is 11.8 Å². The predicted octanol–water partition coefficient (Wildman–Crippen LogP) is 3.75. The fourth-order valence-corrected chi connectivity index (χ4v) is 4.71. The minimum Gasteiger partial charge on any atom is -0.337 e. The van der Waals surface area contributed by atoms with E-state index >= 15 is 0 Å². The van der Waals surface area contributed by atoms with Crippen molar-refractivity contribution in [2.45, 2.75) is 83.2 Å². The van der Waals surface area contributed by atoms with Gasteiger partial charge in [-0.05, 0) is 50.9 Å². The van der Waals surface area contributed by atoms with E-state index in [9.17, 15) is 4.79 Å². The molecule has 1 aliphatic heterocycles. The molecule has 0 spiro atoms. The van der Waals surface area contributed by atoms with Gasteiger partial charge in [0.25, 0.3) is 0 Å². The van der Waals surface area contributed by atoms with Crippen molar-refractivity contribution in [2.75, 3.05) is 0 Å². The third-order valence-electron chi connectivity index (χ3n) is 5.57. The highest BCUT2D eigenvalue weighted by Gasteiger charge is 2.42. The fourth-order valence-electron chi connectivity index (χ4n) is 4.71. The van der Waals surface area contributed by atoms with Crippen molar-refractivity contribution in [3.8, 4) is 0 Å². The van der Waals surface area contributed by atoms with Gasteiger partial charge in [0, 0.05) is 18.5 Å². The maximum Gasteiger partial charge on any atom is 0.223 e. The molecule has 0 aromatic carbocycles. The number of carbonyl (C=O) groups is 1. The summed E-state index contributed by atoms with van der Waals surface area (Å²) < 4.78 is 0. The van der Waals surface area contributed by atoms with Gasteiger partial charge in [0.2, 0.25) is 5.91 Å². The summed E-state index contributed by atoms with van der Waals surface area (Å²) in [5.74, 6) is 2.00. The smallest absolute Gasteiger partial charge is 0.223 e. The summed E-state index contributed by atoms with van der Waals surface area (Å²) in [6, 6.07) is 1.11. The summed E-state index contributed by atoms with van der Waals surface area (Å²) in [7, 11) is 0. The molecule has 2 aliphatic carbocycles. The van der Waals surface area contributed by atoms with Crippen LogP contribution in [0.25, 0.3) is 0 Å². The van der Waals surface area contributed by atoms with Crippen molar-refractivity contribution >= 4 is 5.91 Å². The average molecular weight is 249 g/mol. The zero-order valence-electron chi connectivity index (χ0n) is 11.7. The zero-order chi connectivity index (χ0) is 12.5. The molecule has 2 saturated carbocycles. The summed E-state index contributed by atoms with van der Waals surface area (Å²) in [6.07, 6.45) is 12.7. The lowest BCUT2D eigenvalue weighted by Gasteiger charge is -2.34. The van der Waals surface area contributed by atoms with Gasteiger partial charge in [-0.15, -0.1) is 0 Å². The van der Waals surface area contributed by atoms with E-state index in [0.717, 1.165) is 12.3 Å². The van der Waals surface area contributed by atoms with Crippen molar-refractivity contribution in [3.63, 3.8) is 0 Å². The molecule has 0 aromatic heterocycles. The average Bonchev–Trinajstić information content (AvgIpc) is 2.94. The second-order valence-corrected chi connectivity index (χ2v) is 6.85. The molecule has 0 bridgehead atoms. The van der Waals surface area contributed by atoms with E-state index in [4.69, 9.17) is 0 Å². The molecule has 3 fully saturated rings. The van der Waals surface area contributed by atoms with Gasteiger partial charge in [0.15, 0.2) is 0 Å². The van der Waals surface area contributed by atoms with Crippen LogP contribution in [-0.4, -0.2) is 22.9 Å². The molecule has 2 nitrogen and oxygen atoms in total. The predicted molar refractivity (Wildman–Crippen MR) is 73.2 cm³/mol. The third kappa shape index (κ3) is 2.31. The molecule has 3 aliphatic rings. The van der Waals surface area contributed by atoms with E-state index in [0.29, 0.717) is 23.9 Å². The Morgan fingerprint density at radius 1 is 1.06 bits per heavy atom. The monoisotopic (exact) mass is 249 g/mol. The first kappa shape index (κ1) is 12.5. The Balaban J connectivity index is 1.64. The van der Waals surface area contributed by atoms with Gasteiger partial charge in [-0.3, -0.25) is 4.79 Å². The molecule has 0 N–H and O–H groups in total. The minimum atomic E-state index is 0.476. The number of hydrogen-bond acceptors (Lipinski definition) is 1. The Labute approximate surface area is 111 Å². The van der Waals surface area contributed by atoms with Crippen LogP contribution in [0.1, 0.15) is 71.1 Å². The summed E-state index contributed by atoms with van der Waals surface area (Å²) >= 11 is 0. The highest BCUT2D eigenvalue weighted by atomic mass is 16.2. The van der Waals surface area contributed by atoms with E-state index in [1.807, 2.05) is 0 Å². The maximum atomic E-state index is 12.6. The molecule has 3 rings (SSSR count).